The number of hydrogen-bond acceptors (Lipinski definition) is 4. The normalized spacial score (nSPS) is 22.2. The highest BCUT2D eigenvalue weighted by atomic mass is 32.2. The van der Waals surface area contributed by atoms with Crippen LogP contribution in [0.4, 0.5) is 0 Å². The minimum absolute atomic E-state index is 0.0868. The van der Waals surface area contributed by atoms with E-state index >= 15 is 0 Å². The monoisotopic (exact) mass is 313 g/mol. The highest BCUT2D eigenvalue weighted by Gasteiger charge is 2.33. The first-order valence-electron chi connectivity index (χ1n) is 6.73. The van der Waals surface area contributed by atoms with Crippen molar-refractivity contribution in [1.82, 2.24) is 4.72 Å². The van der Waals surface area contributed by atoms with Crippen LogP contribution >= 0.6 is 0 Å². The molecule has 2 atom stereocenters. The van der Waals surface area contributed by atoms with Crippen molar-refractivity contribution in [3.63, 3.8) is 0 Å². The van der Waals surface area contributed by atoms with E-state index in [0.717, 1.165) is 5.56 Å². The van der Waals surface area contributed by atoms with E-state index < -0.39 is 21.9 Å². The quantitative estimate of drug-likeness (QED) is 0.860. The van der Waals surface area contributed by atoms with E-state index in [9.17, 15) is 13.2 Å². The van der Waals surface area contributed by atoms with E-state index in [4.69, 9.17) is 9.84 Å². The summed E-state index contributed by atoms with van der Waals surface area (Å²) in [7, 11) is -2.31. The summed E-state index contributed by atoms with van der Waals surface area (Å²) in [6, 6.07) is 4.58. The molecule has 1 saturated carbocycles. The van der Waals surface area contributed by atoms with Crippen LogP contribution in [0, 0.1) is 12.8 Å². The maximum absolute atomic E-state index is 12.5. The van der Waals surface area contributed by atoms with Crippen LogP contribution in [-0.4, -0.2) is 32.6 Å². The average Bonchev–Trinajstić information content (AvgIpc) is 2.86. The molecule has 116 valence electrons. The maximum Gasteiger partial charge on any atom is 0.306 e. The third-order valence-corrected chi connectivity index (χ3v) is 5.25. The summed E-state index contributed by atoms with van der Waals surface area (Å²) in [6.07, 6.45) is 1.35. The van der Waals surface area contributed by atoms with Gasteiger partial charge in [-0.3, -0.25) is 4.79 Å². The summed E-state index contributed by atoms with van der Waals surface area (Å²) in [5.41, 5.74) is 0.811. The molecule has 0 spiro atoms. The van der Waals surface area contributed by atoms with Crippen LogP contribution in [0.25, 0.3) is 0 Å². The van der Waals surface area contributed by atoms with Crippen molar-refractivity contribution in [2.45, 2.75) is 37.1 Å². The second-order valence-electron chi connectivity index (χ2n) is 5.32. The van der Waals surface area contributed by atoms with Gasteiger partial charge in [-0.25, -0.2) is 13.1 Å². The fourth-order valence-corrected chi connectivity index (χ4v) is 4.13. The Morgan fingerprint density at radius 3 is 2.67 bits per heavy atom. The fourth-order valence-electron chi connectivity index (χ4n) is 2.59. The number of rotatable bonds is 5. The first-order valence-corrected chi connectivity index (χ1v) is 8.21. The van der Waals surface area contributed by atoms with Crippen LogP contribution in [0.1, 0.15) is 24.8 Å². The van der Waals surface area contributed by atoms with Crippen molar-refractivity contribution in [1.29, 1.82) is 0 Å². The van der Waals surface area contributed by atoms with Crippen LogP contribution in [0.5, 0.6) is 5.75 Å². The number of carboxylic acid groups (broad SMARTS) is 1. The first kappa shape index (κ1) is 15.8. The van der Waals surface area contributed by atoms with Gasteiger partial charge >= 0.3 is 5.97 Å². The average molecular weight is 313 g/mol. The molecule has 1 fully saturated rings. The highest BCUT2D eigenvalue weighted by Crippen LogP contribution is 2.29. The molecule has 0 saturated heterocycles. The Bertz CT molecular complexity index is 641. The van der Waals surface area contributed by atoms with Crippen LogP contribution in [-0.2, 0) is 14.8 Å². The molecular weight excluding hydrogens is 294 g/mol. The number of ether oxygens (including phenoxy) is 1. The molecule has 1 aliphatic carbocycles. The predicted octanol–water partition coefficient (Wildman–Crippen LogP) is 1.54. The Morgan fingerprint density at radius 1 is 1.38 bits per heavy atom. The smallest absolute Gasteiger partial charge is 0.306 e. The largest absolute Gasteiger partial charge is 0.495 e. The van der Waals surface area contributed by atoms with E-state index in [-0.39, 0.29) is 16.7 Å². The molecule has 1 aliphatic rings. The SMILES string of the molecule is COc1ccc(C)cc1S(=O)(=O)NC1CCC(C(=O)O)C1. The zero-order valence-electron chi connectivity index (χ0n) is 12.0. The van der Waals surface area contributed by atoms with Gasteiger partial charge in [-0.15, -0.1) is 0 Å². The van der Waals surface area contributed by atoms with Crippen LogP contribution in [0.3, 0.4) is 0 Å². The van der Waals surface area contributed by atoms with Gasteiger partial charge in [0.25, 0.3) is 0 Å². The Morgan fingerprint density at radius 2 is 2.10 bits per heavy atom. The summed E-state index contributed by atoms with van der Waals surface area (Å²) in [4.78, 5) is 11.0. The summed E-state index contributed by atoms with van der Waals surface area (Å²) < 4.78 is 32.6. The van der Waals surface area contributed by atoms with Crippen molar-refractivity contribution in [2.75, 3.05) is 7.11 Å². The highest BCUT2D eigenvalue weighted by molar-refractivity contribution is 7.89. The Labute approximate surface area is 124 Å². The molecule has 0 radical (unpaired) electrons. The van der Waals surface area contributed by atoms with Gasteiger partial charge in [-0.05, 0) is 43.9 Å². The van der Waals surface area contributed by atoms with Crippen molar-refractivity contribution in [3.05, 3.63) is 23.8 Å². The summed E-state index contributed by atoms with van der Waals surface area (Å²) in [5.74, 6) is -1.07. The van der Waals surface area contributed by atoms with Gasteiger partial charge in [0.2, 0.25) is 10.0 Å². The maximum atomic E-state index is 12.5. The summed E-state index contributed by atoms with van der Waals surface area (Å²) >= 11 is 0. The molecule has 1 aromatic rings. The van der Waals surface area contributed by atoms with E-state index in [2.05, 4.69) is 4.72 Å². The van der Waals surface area contributed by atoms with E-state index in [1.54, 1.807) is 25.1 Å². The Balaban J connectivity index is 2.20. The second-order valence-corrected chi connectivity index (χ2v) is 7.00. The van der Waals surface area contributed by atoms with Gasteiger partial charge in [-0.1, -0.05) is 6.07 Å². The zero-order chi connectivity index (χ0) is 15.6. The third kappa shape index (κ3) is 3.54. The van der Waals surface area contributed by atoms with Gasteiger partial charge in [0.05, 0.1) is 13.0 Å². The van der Waals surface area contributed by atoms with E-state index in [1.165, 1.54) is 7.11 Å². The minimum atomic E-state index is -3.73. The first-order chi connectivity index (χ1) is 9.83. The molecule has 7 heteroatoms. The number of benzene rings is 1. The van der Waals surface area contributed by atoms with Crippen molar-refractivity contribution in [2.24, 2.45) is 5.92 Å². The number of aliphatic carboxylic acids is 1. The number of methoxy groups -OCH3 is 1. The summed E-state index contributed by atoms with van der Waals surface area (Å²) in [5, 5.41) is 8.97. The van der Waals surface area contributed by atoms with Crippen LogP contribution in [0.2, 0.25) is 0 Å². The molecule has 2 unspecified atom stereocenters. The topological polar surface area (TPSA) is 92.7 Å². The summed E-state index contributed by atoms with van der Waals surface area (Å²) in [6.45, 7) is 1.80. The van der Waals surface area contributed by atoms with Gasteiger partial charge in [0, 0.05) is 6.04 Å². The van der Waals surface area contributed by atoms with Gasteiger partial charge < -0.3 is 9.84 Å². The van der Waals surface area contributed by atoms with Crippen LogP contribution in [0.15, 0.2) is 23.1 Å². The second kappa shape index (κ2) is 6.03. The van der Waals surface area contributed by atoms with Gasteiger partial charge in [0.1, 0.15) is 10.6 Å². The van der Waals surface area contributed by atoms with Gasteiger partial charge in [-0.2, -0.15) is 0 Å². The molecule has 0 bridgehead atoms. The molecule has 0 aliphatic heterocycles. The van der Waals surface area contributed by atoms with Crippen molar-refractivity contribution < 1.29 is 23.1 Å². The number of sulfonamides is 1. The number of nitrogens with one attached hydrogen (secondary N) is 1. The lowest BCUT2D eigenvalue weighted by Gasteiger charge is -2.15. The fraction of sp³-hybridized carbons (Fsp3) is 0.500. The predicted molar refractivity (Wildman–Crippen MR) is 76.8 cm³/mol. The number of hydrogen-bond donors (Lipinski definition) is 2. The Kier molecular flexibility index (Phi) is 4.53. The third-order valence-electron chi connectivity index (χ3n) is 3.71. The standard InChI is InChI=1S/C14H19NO5S/c1-9-3-6-12(20-2)13(7-9)21(18,19)15-11-5-4-10(8-11)14(16)17/h3,6-7,10-11,15H,4-5,8H2,1-2H3,(H,16,17). The molecule has 21 heavy (non-hydrogen) atoms. The molecule has 0 aromatic heterocycles. The molecule has 2 rings (SSSR count). The van der Waals surface area contributed by atoms with Gasteiger partial charge in [0.15, 0.2) is 0 Å². The van der Waals surface area contributed by atoms with E-state index in [0.29, 0.717) is 19.3 Å². The number of carbonyl (C=O) groups is 1. The Hall–Kier alpha value is -1.60. The zero-order valence-corrected chi connectivity index (χ0v) is 12.8. The number of carboxylic acids is 1. The van der Waals surface area contributed by atoms with Crippen molar-refractivity contribution in [3.8, 4) is 5.75 Å². The van der Waals surface area contributed by atoms with E-state index in [1.807, 2.05) is 0 Å². The molecule has 2 N–H and O–H groups in total. The lowest BCUT2D eigenvalue weighted by atomic mass is 10.1. The molecule has 6 nitrogen and oxygen atoms in total. The van der Waals surface area contributed by atoms with Crippen molar-refractivity contribution >= 4 is 16.0 Å². The van der Waals surface area contributed by atoms with Crippen LogP contribution < -0.4 is 9.46 Å². The molecule has 0 amide bonds. The molecule has 0 heterocycles. The molecular formula is C14H19NO5S. The minimum Gasteiger partial charge on any atom is -0.495 e. The number of aryl methyl sites for hydroxylation is 1. The lowest BCUT2D eigenvalue weighted by Crippen LogP contribution is -2.33. The molecule has 1 aromatic carbocycles. The lowest BCUT2D eigenvalue weighted by molar-refractivity contribution is -0.141.